The lowest BCUT2D eigenvalue weighted by Gasteiger charge is -2.27. The van der Waals surface area contributed by atoms with E-state index in [1.54, 1.807) is 24.3 Å². The number of carbonyl (C=O) groups excluding carboxylic acids is 1. The van der Waals surface area contributed by atoms with Gasteiger partial charge >= 0.3 is 0 Å². The third kappa shape index (κ3) is 5.13. The molecule has 30 heavy (non-hydrogen) atoms. The van der Waals surface area contributed by atoms with E-state index in [9.17, 15) is 18.4 Å². The van der Waals surface area contributed by atoms with Gasteiger partial charge in [-0.15, -0.1) is 0 Å². The van der Waals surface area contributed by atoms with Crippen LogP contribution in [0.3, 0.4) is 0 Å². The number of fused-ring (bicyclic) bond motifs is 2. The van der Waals surface area contributed by atoms with Crippen molar-refractivity contribution in [3.63, 3.8) is 0 Å². The quantitative estimate of drug-likeness (QED) is 0.362. The smallest absolute Gasteiger partial charge is 0.251 e. The van der Waals surface area contributed by atoms with Gasteiger partial charge in [-0.25, -0.2) is 13.5 Å². The standard InChI is InChI=1S/C23H33NO5S/c1-23(2,22(25)24(3)26)15-9-5-8-12-18-19(21-14-13-20(18)29-21)16-30(27,28)17-10-6-4-7-11-17/h4-8,10-11,18-21,26H,9,12-16H2,1-3H3/t18-,19+,20-,21+/m1/s1. The first kappa shape index (κ1) is 23.0. The number of nitrogens with zero attached hydrogens (tertiary/aromatic N) is 1. The molecule has 6 nitrogen and oxygen atoms in total. The summed E-state index contributed by atoms with van der Waals surface area (Å²) in [6, 6.07) is 8.65. The molecule has 1 N–H and O–H groups in total. The number of allylic oxidation sites excluding steroid dienone is 2. The number of ether oxygens (including phenoxy) is 1. The van der Waals surface area contributed by atoms with Crippen molar-refractivity contribution in [2.24, 2.45) is 17.3 Å². The Bertz CT molecular complexity index is 863. The maximum atomic E-state index is 12.9. The zero-order valence-corrected chi connectivity index (χ0v) is 18.8. The highest BCUT2D eigenvalue weighted by atomic mass is 32.2. The van der Waals surface area contributed by atoms with Crippen molar-refractivity contribution in [3.8, 4) is 0 Å². The molecule has 3 rings (SSSR count). The fourth-order valence-electron chi connectivity index (χ4n) is 4.77. The van der Waals surface area contributed by atoms with Crippen LogP contribution in [0, 0.1) is 17.3 Å². The molecule has 2 heterocycles. The molecule has 1 amide bonds. The molecular weight excluding hydrogens is 402 g/mol. The van der Waals surface area contributed by atoms with Gasteiger partial charge in [0.1, 0.15) is 0 Å². The fourth-order valence-corrected chi connectivity index (χ4v) is 6.50. The Kier molecular flexibility index (Phi) is 7.05. The van der Waals surface area contributed by atoms with Gasteiger partial charge in [-0.3, -0.25) is 10.0 Å². The van der Waals surface area contributed by atoms with E-state index in [1.165, 1.54) is 7.05 Å². The van der Waals surface area contributed by atoms with E-state index in [0.717, 1.165) is 25.7 Å². The van der Waals surface area contributed by atoms with Gasteiger partial charge in [-0.05, 0) is 50.2 Å². The van der Waals surface area contributed by atoms with Crippen molar-refractivity contribution < 1.29 is 23.2 Å². The lowest BCUT2D eigenvalue weighted by atomic mass is 9.78. The third-order valence-electron chi connectivity index (χ3n) is 6.49. The molecule has 2 aliphatic rings. The van der Waals surface area contributed by atoms with E-state index >= 15 is 0 Å². The molecule has 4 atom stereocenters. The first-order valence-electron chi connectivity index (χ1n) is 10.7. The molecular formula is C23H33NO5S. The molecule has 1 aromatic rings. The summed E-state index contributed by atoms with van der Waals surface area (Å²) in [4.78, 5) is 12.4. The summed E-state index contributed by atoms with van der Waals surface area (Å²) in [7, 11) is -2.00. The molecule has 0 aromatic heterocycles. The van der Waals surface area contributed by atoms with E-state index < -0.39 is 15.3 Å². The van der Waals surface area contributed by atoms with E-state index in [4.69, 9.17) is 4.74 Å². The van der Waals surface area contributed by atoms with Crippen molar-refractivity contribution in [2.45, 2.75) is 63.1 Å². The second-order valence-electron chi connectivity index (χ2n) is 9.17. The summed E-state index contributed by atoms with van der Waals surface area (Å²) in [6.07, 6.45) is 8.39. The van der Waals surface area contributed by atoms with Crippen LogP contribution in [0.2, 0.25) is 0 Å². The SMILES string of the molecule is CN(O)C(=O)C(C)(C)CCC=CC[C@@H]1[C@H](CS(=O)(=O)c2ccccc2)[C@@H]2CC[C@H]1O2. The molecule has 0 spiro atoms. The summed E-state index contributed by atoms with van der Waals surface area (Å²) in [6.45, 7) is 3.65. The maximum Gasteiger partial charge on any atom is 0.251 e. The Labute approximate surface area is 179 Å². The minimum absolute atomic E-state index is 0.0136. The Hall–Kier alpha value is -1.70. The van der Waals surface area contributed by atoms with E-state index in [1.807, 2.05) is 19.9 Å². The second-order valence-corrected chi connectivity index (χ2v) is 11.2. The van der Waals surface area contributed by atoms with Crippen LogP contribution in [0.1, 0.15) is 46.0 Å². The topological polar surface area (TPSA) is 83.9 Å². The van der Waals surface area contributed by atoms with Crippen LogP contribution in [-0.2, 0) is 19.4 Å². The maximum absolute atomic E-state index is 12.9. The molecule has 0 radical (unpaired) electrons. The number of amides is 1. The minimum atomic E-state index is -3.34. The Morgan fingerprint density at radius 3 is 2.43 bits per heavy atom. The summed E-state index contributed by atoms with van der Waals surface area (Å²) in [5, 5.41) is 10.0. The lowest BCUT2D eigenvalue weighted by molar-refractivity contribution is -0.169. The Morgan fingerprint density at radius 2 is 1.80 bits per heavy atom. The molecule has 0 aliphatic carbocycles. The lowest BCUT2D eigenvalue weighted by Crippen LogP contribution is -2.36. The zero-order chi connectivity index (χ0) is 21.9. The van der Waals surface area contributed by atoms with Crippen LogP contribution in [0.5, 0.6) is 0 Å². The predicted octanol–water partition coefficient (Wildman–Crippen LogP) is 3.85. The number of rotatable bonds is 9. The van der Waals surface area contributed by atoms with Crippen LogP contribution in [0.25, 0.3) is 0 Å². The molecule has 2 saturated heterocycles. The first-order valence-corrected chi connectivity index (χ1v) is 12.3. The van der Waals surface area contributed by atoms with Crippen LogP contribution >= 0.6 is 0 Å². The van der Waals surface area contributed by atoms with Crippen molar-refractivity contribution >= 4 is 15.7 Å². The van der Waals surface area contributed by atoms with E-state index in [0.29, 0.717) is 16.4 Å². The number of benzene rings is 1. The summed E-state index contributed by atoms with van der Waals surface area (Å²) < 4.78 is 31.8. The van der Waals surface area contributed by atoms with Gasteiger partial charge in [0.05, 0.1) is 22.9 Å². The molecule has 2 bridgehead atoms. The van der Waals surface area contributed by atoms with Gasteiger partial charge in [0.15, 0.2) is 9.84 Å². The highest BCUT2D eigenvalue weighted by Gasteiger charge is 2.49. The highest BCUT2D eigenvalue weighted by Crippen LogP contribution is 2.46. The Morgan fingerprint density at radius 1 is 1.17 bits per heavy atom. The number of carbonyl (C=O) groups is 1. The fraction of sp³-hybridized carbons (Fsp3) is 0.609. The summed E-state index contributed by atoms with van der Waals surface area (Å²) in [5.74, 6) is 0.0427. The molecule has 2 aliphatic heterocycles. The molecule has 1 aromatic carbocycles. The molecule has 0 saturated carbocycles. The van der Waals surface area contributed by atoms with Crippen LogP contribution in [-0.4, -0.2) is 49.6 Å². The summed E-state index contributed by atoms with van der Waals surface area (Å²) in [5.41, 5.74) is -0.629. The van der Waals surface area contributed by atoms with Crippen molar-refractivity contribution in [2.75, 3.05) is 12.8 Å². The molecule has 0 unspecified atom stereocenters. The van der Waals surface area contributed by atoms with E-state index in [2.05, 4.69) is 12.2 Å². The predicted molar refractivity (Wildman–Crippen MR) is 115 cm³/mol. The number of hydroxylamine groups is 2. The third-order valence-corrected chi connectivity index (χ3v) is 8.30. The average molecular weight is 436 g/mol. The van der Waals surface area contributed by atoms with Crippen molar-refractivity contribution in [3.05, 3.63) is 42.5 Å². The summed E-state index contributed by atoms with van der Waals surface area (Å²) >= 11 is 0. The van der Waals surface area contributed by atoms with Crippen LogP contribution < -0.4 is 0 Å². The van der Waals surface area contributed by atoms with Crippen LogP contribution in [0.15, 0.2) is 47.4 Å². The van der Waals surface area contributed by atoms with Gasteiger partial charge in [-0.2, -0.15) is 0 Å². The minimum Gasteiger partial charge on any atom is -0.374 e. The zero-order valence-electron chi connectivity index (χ0n) is 18.0. The highest BCUT2D eigenvalue weighted by molar-refractivity contribution is 7.91. The Balaban J connectivity index is 1.58. The number of hydrogen-bond acceptors (Lipinski definition) is 5. The number of hydrogen-bond donors (Lipinski definition) is 1. The van der Waals surface area contributed by atoms with Gasteiger partial charge in [0, 0.05) is 18.4 Å². The largest absolute Gasteiger partial charge is 0.374 e. The molecule has 2 fully saturated rings. The molecule has 7 heteroatoms. The van der Waals surface area contributed by atoms with Crippen LogP contribution in [0.4, 0.5) is 0 Å². The molecule has 166 valence electrons. The van der Waals surface area contributed by atoms with Crippen molar-refractivity contribution in [1.29, 1.82) is 0 Å². The van der Waals surface area contributed by atoms with Gasteiger partial charge in [0.2, 0.25) is 0 Å². The van der Waals surface area contributed by atoms with Gasteiger partial charge in [-0.1, -0.05) is 44.2 Å². The monoisotopic (exact) mass is 435 g/mol. The first-order chi connectivity index (χ1) is 14.1. The van der Waals surface area contributed by atoms with Gasteiger partial charge < -0.3 is 4.74 Å². The average Bonchev–Trinajstić information content (AvgIpc) is 3.30. The van der Waals surface area contributed by atoms with Gasteiger partial charge in [0.25, 0.3) is 5.91 Å². The van der Waals surface area contributed by atoms with E-state index in [-0.39, 0.29) is 35.7 Å². The van der Waals surface area contributed by atoms with Crippen molar-refractivity contribution in [1.82, 2.24) is 5.06 Å². The normalized spacial score (nSPS) is 26.4. The second kappa shape index (κ2) is 9.20. The number of sulfone groups is 1.